The van der Waals surface area contributed by atoms with Gasteiger partial charge in [0.15, 0.2) is 0 Å². The van der Waals surface area contributed by atoms with Crippen molar-refractivity contribution in [2.75, 3.05) is 5.32 Å². The Hall–Kier alpha value is -3.60. The lowest BCUT2D eigenvalue weighted by Gasteiger charge is -2.12. The van der Waals surface area contributed by atoms with Crippen LogP contribution in [-0.4, -0.2) is 15.4 Å². The number of rotatable bonds is 6. The minimum Gasteiger partial charge on any atom is -0.334 e. The minimum absolute atomic E-state index is 0.245. The van der Waals surface area contributed by atoms with Crippen molar-refractivity contribution in [3.8, 4) is 0 Å². The summed E-state index contributed by atoms with van der Waals surface area (Å²) in [5.74, 6) is 0. The van der Waals surface area contributed by atoms with E-state index in [0.717, 1.165) is 33.6 Å². The second-order valence-corrected chi connectivity index (χ2v) is 6.42. The maximum atomic E-state index is 12.3. The number of aryl methyl sites for hydroxylation is 1. The maximum Gasteiger partial charge on any atom is 0.319 e. The van der Waals surface area contributed by atoms with Gasteiger partial charge in [0, 0.05) is 30.8 Å². The van der Waals surface area contributed by atoms with Gasteiger partial charge in [-0.05, 0) is 60.4 Å². The lowest BCUT2D eigenvalue weighted by atomic mass is 9.99. The highest BCUT2D eigenvalue weighted by Gasteiger charge is 2.06. The number of nitrogens with one attached hydrogen (secondary N) is 2. The SMILES string of the molecule is C=C/C=C(\C=C/C)c1ccc(NC(=O)NCc2ccn3ccnc3c2)cc1C. The molecular formula is C23H24N4O. The number of nitrogens with zero attached hydrogens (tertiary/aromatic N) is 2. The van der Waals surface area contributed by atoms with Gasteiger partial charge in [0.25, 0.3) is 0 Å². The molecule has 0 spiro atoms. The normalized spacial score (nSPS) is 11.7. The van der Waals surface area contributed by atoms with Crippen molar-refractivity contribution < 1.29 is 4.79 Å². The van der Waals surface area contributed by atoms with Crippen LogP contribution in [0, 0.1) is 6.92 Å². The van der Waals surface area contributed by atoms with E-state index in [1.54, 1.807) is 12.3 Å². The number of benzene rings is 1. The molecule has 2 heterocycles. The van der Waals surface area contributed by atoms with Crippen molar-refractivity contribution in [3.63, 3.8) is 0 Å². The summed E-state index contributed by atoms with van der Waals surface area (Å²) in [4.78, 5) is 16.5. The Balaban J connectivity index is 1.64. The molecule has 0 aliphatic rings. The summed E-state index contributed by atoms with van der Waals surface area (Å²) in [5.41, 5.74) is 5.87. The largest absolute Gasteiger partial charge is 0.334 e. The highest BCUT2D eigenvalue weighted by molar-refractivity contribution is 5.90. The van der Waals surface area contributed by atoms with Crippen LogP contribution in [0.2, 0.25) is 0 Å². The highest BCUT2D eigenvalue weighted by atomic mass is 16.2. The predicted octanol–water partition coefficient (Wildman–Crippen LogP) is 5.11. The van der Waals surface area contributed by atoms with Crippen LogP contribution in [0.15, 0.2) is 79.8 Å². The first-order valence-corrected chi connectivity index (χ1v) is 9.13. The number of hydrogen-bond donors (Lipinski definition) is 2. The van der Waals surface area contributed by atoms with Crippen molar-refractivity contribution in [3.05, 3.63) is 96.5 Å². The van der Waals surface area contributed by atoms with E-state index in [4.69, 9.17) is 0 Å². The Kier molecular flexibility index (Phi) is 6.07. The molecule has 3 rings (SSSR count). The van der Waals surface area contributed by atoms with Crippen molar-refractivity contribution in [2.24, 2.45) is 0 Å². The fraction of sp³-hybridized carbons (Fsp3) is 0.130. The molecule has 0 fully saturated rings. The Morgan fingerprint density at radius 2 is 2.11 bits per heavy atom. The zero-order chi connectivity index (χ0) is 19.9. The van der Waals surface area contributed by atoms with E-state index in [-0.39, 0.29) is 6.03 Å². The number of fused-ring (bicyclic) bond motifs is 1. The van der Waals surface area contributed by atoms with Crippen LogP contribution >= 0.6 is 0 Å². The van der Waals surface area contributed by atoms with Gasteiger partial charge in [-0.25, -0.2) is 9.78 Å². The molecule has 5 heteroatoms. The fourth-order valence-corrected chi connectivity index (χ4v) is 3.03. The molecule has 1 aromatic carbocycles. The zero-order valence-corrected chi connectivity index (χ0v) is 16.1. The van der Waals surface area contributed by atoms with Gasteiger partial charge in [0.2, 0.25) is 0 Å². The van der Waals surface area contributed by atoms with Gasteiger partial charge in [-0.1, -0.05) is 36.9 Å². The number of amides is 2. The molecule has 0 aliphatic carbocycles. The van der Waals surface area contributed by atoms with E-state index < -0.39 is 0 Å². The van der Waals surface area contributed by atoms with Crippen molar-refractivity contribution in [1.82, 2.24) is 14.7 Å². The third-order valence-electron chi connectivity index (χ3n) is 4.35. The Labute approximate surface area is 165 Å². The molecule has 0 saturated heterocycles. The average Bonchev–Trinajstić information content (AvgIpc) is 3.14. The lowest BCUT2D eigenvalue weighted by molar-refractivity contribution is 0.251. The molecule has 28 heavy (non-hydrogen) atoms. The van der Waals surface area contributed by atoms with Crippen LogP contribution < -0.4 is 10.6 Å². The number of aromatic nitrogens is 2. The van der Waals surface area contributed by atoms with Crippen LogP contribution in [-0.2, 0) is 6.54 Å². The fourth-order valence-electron chi connectivity index (χ4n) is 3.03. The molecule has 0 atom stereocenters. The number of hydrogen-bond acceptors (Lipinski definition) is 2. The summed E-state index contributed by atoms with van der Waals surface area (Å²) in [5, 5.41) is 5.77. The van der Waals surface area contributed by atoms with Crippen LogP contribution in [0.3, 0.4) is 0 Å². The molecule has 0 radical (unpaired) electrons. The van der Waals surface area contributed by atoms with E-state index >= 15 is 0 Å². The number of urea groups is 1. The number of carbonyl (C=O) groups is 1. The Morgan fingerprint density at radius 3 is 2.86 bits per heavy atom. The molecule has 3 aromatic rings. The second-order valence-electron chi connectivity index (χ2n) is 6.42. The Morgan fingerprint density at radius 1 is 1.25 bits per heavy atom. The number of imidazole rings is 1. The molecule has 142 valence electrons. The van der Waals surface area contributed by atoms with Gasteiger partial charge in [0.05, 0.1) is 0 Å². The summed E-state index contributed by atoms with van der Waals surface area (Å²) in [7, 11) is 0. The summed E-state index contributed by atoms with van der Waals surface area (Å²) in [6, 6.07) is 9.54. The topological polar surface area (TPSA) is 58.4 Å². The third kappa shape index (κ3) is 4.57. The van der Waals surface area contributed by atoms with Gasteiger partial charge >= 0.3 is 6.03 Å². The van der Waals surface area contributed by atoms with Crippen LogP contribution in [0.4, 0.5) is 10.5 Å². The van der Waals surface area contributed by atoms with Gasteiger partial charge in [-0.2, -0.15) is 0 Å². The summed E-state index contributed by atoms with van der Waals surface area (Å²) in [6.07, 6.45) is 13.3. The van der Waals surface area contributed by atoms with Crippen LogP contribution in [0.5, 0.6) is 0 Å². The highest BCUT2D eigenvalue weighted by Crippen LogP contribution is 2.23. The minimum atomic E-state index is -0.245. The summed E-state index contributed by atoms with van der Waals surface area (Å²) >= 11 is 0. The maximum absolute atomic E-state index is 12.3. The monoisotopic (exact) mass is 372 g/mol. The number of allylic oxidation sites excluding steroid dienone is 5. The van der Waals surface area contributed by atoms with Gasteiger partial charge in [-0.3, -0.25) is 0 Å². The van der Waals surface area contributed by atoms with Crippen molar-refractivity contribution in [2.45, 2.75) is 20.4 Å². The van der Waals surface area contributed by atoms with Crippen molar-refractivity contribution >= 4 is 22.9 Å². The third-order valence-corrected chi connectivity index (χ3v) is 4.35. The van der Waals surface area contributed by atoms with Crippen LogP contribution in [0.25, 0.3) is 11.2 Å². The molecule has 0 aliphatic heterocycles. The van der Waals surface area contributed by atoms with E-state index in [0.29, 0.717) is 6.54 Å². The molecule has 5 nitrogen and oxygen atoms in total. The molecule has 0 saturated carbocycles. The first-order valence-electron chi connectivity index (χ1n) is 9.13. The molecule has 2 aromatic heterocycles. The standard InChI is InChI=1S/C23H24N4O/c1-4-6-19(7-5-2)21-9-8-20(14-17(21)3)26-23(28)25-16-18-10-12-27-13-11-24-22(27)15-18/h4-15H,1,16H2,2-3H3,(H2,25,26,28)/b7-5-,19-6+. The van der Waals surface area contributed by atoms with Gasteiger partial charge in [0.1, 0.15) is 5.65 Å². The molecular weight excluding hydrogens is 348 g/mol. The lowest BCUT2D eigenvalue weighted by Crippen LogP contribution is -2.28. The van der Waals surface area contributed by atoms with Gasteiger partial charge in [-0.15, -0.1) is 0 Å². The van der Waals surface area contributed by atoms with E-state index in [1.807, 2.05) is 79.2 Å². The molecule has 0 bridgehead atoms. The smallest absolute Gasteiger partial charge is 0.319 e. The summed E-state index contributed by atoms with van der Waals surface area (Å²) < 4.78 is 1.93. The van der Waals surface area contributed by atoms with E-state index in [9.17, 15) is 4.79 Å². The predicted molar refractivity (Wildman–Crippen MR) is 115 cm³/mol. The number of carbonyl (C=O) groups excluding carboxylic acids is 1. The van der Waals surface area contributed by atoms with E-state index in [2.05, 4.69) is 22.2 Å². The van der Waals surface area contributed by atoms with Crippen LogP contribution in [0.1, 0.15) is 23.6 Å². The first kappa shape index (κ1) is 19.2. The molecule has 2 amide bonds. The number of anilines is 1. The summed E-state index contributed by atoms with van der Waals surface area (Å²) in [6.45, 7) is 8.21. The van der Waals surface area contributed by atoms with E-state index in [1.165, 1.54) is 0 Å². The second kappa shape index (κ2) is 8.86. The van der Waals surface area contributed by atoms with Crippen molar-refractivity contribution in [1.29, 1.82) is 0 Å². The molecule has 0 unspecified atom stereocenters. The number of pyridine rings is 1. The first-order chi connectivity index (χ1) is 13.6. The average molecular weight is 372 g/mol. The zero-order valence-electron chi connectivity index (χ0n) is 16.1. The Bertz CT molecular complexity index is 1060. The molecule has 2 N–H and O–H groups in total. The van der Waals surface area contributed by atoms with Gasteiger partial charge < -0.3 is 15.0 Å². The quantitative estimate of drug-likeness (QED) is 0.591.